The minimum Gasteiger partial charge on any atom is -0.508 e. The van der Waals surface area contributed by atoms with Crippen LogP contribution >= 0.6 is 0 Å². The molecule has 1 amide bonds. The molecule has 0 saturated carbocycles. The van der Waals surface area contributed by atoms with E-state index in [1.165, 1.54) is 6.07 Å². The summed E-state index contributed by atoms with van der Waals surface area (Å²) in [7, 11) is 0. The maximum Gasteiger partial charge on any atom is 0.255 e. The van der Waals surface area contributed by atoms with Gasteiger partial charge in [-0.25, -0.2) is 0 Å². The van der Waals surface area contributed by atoms with Crippen LogP contribution in [0, 0.1) is 0 Å². The zero-order valence-electron chi connectivity index (χ0n) is 12.5. The molecule has 110 valence electrons. The molecule has 0 aromatic heterocycles. The summed E-state index contributed by atoms with van der Waals surface area (Å²) in [6.07, 6.45) is 0. The number of amides is 1. The van der Waals surface area contributed by atoms with E-state index in [2.05, 4.69) is 5.32 Å². The van der Waals surface area contributed by atoms with Gasteiger partial charge in [0.15, 0.2) is 0 Å². The second-order valence-electron chi connectivity index (χ2n) is 6.06. The maximum absolute atomic E-state index is 12.5. The van der Waals surface area contributed by atoms with Gasteiger partial charge in [0.05, 0.1) is 0 Å². The molecule has 0 aliphatic rings. The van der Waals surface area contributed by atoms with E-state index in [1.807, 2.05) is 20.8 Å². The topological polar surface area (TPSA) is 75.3 Å². The Bertz CT molecular complexity index is 655. The summed E-state index contributed by atoms with van der Waals surface area (Å²) in [5.74, 6) is -0.0475. The van der Waals surface area contributed by atoms with Crippen molar-refractivity contribution in [1.29, 1.82) is 0 Å². The summed E-state index contributed by atoms with van der Waals surface area (Å²) in [5, 5.41) is 12.5. The van der Waals surface area contributed by atoms with E-state index in [1.54, 1.807) is 36.4 Å². The second kappa shape index (κ2) is 5.48. The van der Waals surface area contributed by atoms with Gasteiger partial charge in [-0.1, -0.05) is 20.8 Å². The van der Waals surface area contributed by atoms with Crippen molar-refractivity contribution in [2.45, 2.75) is 26.2 Å². The Morgan fingerprint density at radius 3 is 2.29 bits per heavy atom. The fraction of sp³-hybridized carbons (Fsp3) is 0.235. The van der Waals surface area contributed by atoms with E-state index in [-0.39, 0.29) is 17.1 Å². The molecule has 0 aliphatic carbocycles. The van der Waals surface area contributed by atoms with Crippen molar-refractivity contribution >= 4 is 17.3 Å². The van der Waals surface area contributed by atoms with Gasteiger partial charge in [0.25, 0.3) is 5.91 Å². The average Bonchev–Trinajstić information content (AvgIpc) is 2.40. The third-order valence-corrected chi connectivity index (χ3v) is 3.22. The Morgan fingerprint density at radius 2 is 1.71 bits per heavy atom. The number of aromatic hydroxyl groups is 1. The van der Waals surface area contributed by atoms with Crippen molar-refractivity contribution in [3.8, 4) is 5.75 Å². The highest BCUT2D eigenvalue weighted by Gasteiger charge is 2.22. The smallest absolute Gasteiger partial charge is 0.255 e. The van der Waals surface area contributed by atoms with Crippen molar-refractivity contribution in [3.05, 3.63) is 53.6 Å². The number of nitrogens with one attached hydrogen (secondary N) is 1. The number of anilines is 2. The lowest BCUT2D eigenvalue weighted by Crippen LogP contribution is -2.20. The third-order valence-electron chi connectivity index (χ3n) is 3.22. The van der Waals surface area contributed by atoms with Gasteiger partial charge >= 0.3 is 0 Å². The molecule has 0 fully saturated rings. The highest BCUT2D eigenvalue weighted by atomic mass is 16.3. The number of phenols is 1. The number of nitrogen functional groups attached to an aromatic ring is 1. The number of hydrogen-bond donors (Lipinski definition) is 3. The Kier molecular flexibility index (Phi) is 3.89. The summed E-state index contributed by atoms with van der Waals surface area (Å²) < 4.78 is 0. The molecule has 0 saturated heterocycles. The molecule has 4 nitrogen and oxygen atoms in total. The molecule has 2 aromatic carbocycles. The molecule has 4 heteroatoms. The fourth-order valence-electron chi connectivity index (χ4n) is 2.12. The molecule has 0 unspecified atom stereocenters. The van der Waals surface area contributed by atoms with Crippen LogP contribution in [0.1, 0.15) is 36.7 Å². The Balaban J connectivity index is 2.33. The van der Waals surface area contributed by atoms with Crippen LogP contribution in [0.2, 0.25) is 0 Å². The number of hydrogen-bond acceptors (Lipinski definition) is 3. The van der Waals surface area contributed by atoms with Gasteiger partial charge in [0.2, 0.25) is 0 Å². The summed E-state index contributed by atoms with van der Waals surface area (Å²) in [6.45, 7) is 6.01. The SMILES string of the molecule is CC(C)(C)c1cc(O)ccc1C(=O)Nc1ccc(N)cc1. The Labute approximate surface area is 124 Å². The van der Waals surface area contributed by atoms with Crippen molar-refractivity contribution < 1.29 is 9.90 Å². The Morgan fingerprint density at radius 1 is 1.10 bits per heavy atom. The lowest BCUT2D eigenvalue weighted by Gasteiger charge is -2.22. The zero-order valence-corrected chi connectivity index (χ0v) is 12.5. The van der Waals surface area contributed by atoms with Crippen LogP contribution in [-0.2, 0) is 5.41 Å². The van der Waals surface area contributed by atoms with Crippen LogP contribution in [0.3, 0.4) is 0 Å². The second-order valence-corrected chi connectivity index (χ2v) is 6.06. The largest absolute Gasteiger partial charge is 0.508 e. The molecular formula is C17H20N2O2. The molecule has 0 atom stereocenters. The van der Waals surface area contributed by atoms with Crippen LogP contribution < -0.4 is 11.1 Å². The number of nitrogens with two attached hydrogens (primary N) is 1. The zero-order chi connectivity index (χ0) is 15.6. The number of carbonyl (C=O) groups excluding carboxylic acids is 1. The minimum absolute atomic E-state index is 0.156. The minimum atomic E-state index is -0.244. The third kappa shape index (κ3) is 3.54. The van der Waals surface area contributed by atoms with Crippen molar-refractivity contribution in [2.24, 2.45) is 0 Å². The van der Waals surface area contributed by atoms with Gasteiger partial charge in [-0.05, 0) is 53.4 Å². The van der Waals surface area contributed by atoms with E-state index < -0.39 is 0 Å². The monoisotopic (exact) mass is 284 g/mol. The number of benzene rings is 2. The van der Waals surface area contributed by atoms with E-state index in [9.17, 15) is 9.90 Å². The summed E-state index contributed by atoms with van der Waals surface area (Å²) in [6, 6.07) is 11.8. The highest BCUT2D eigenvalue weighted by Crippen LogP contribution is 2.29. The first kappa shape index (κ1) is 14.9. The molecule has 0 bridgehead atoms. The number of phenolic OH excluding ortho intramolecular Hbond substituents is 1. The summed E-state index contributed by atoms with van der Waals surface area (Å²) in [5.41, 5.74) is 8.07. The van der Waals surface area contributed by atoms with E-state index >= 15 is 0 Å². The van der Waals surface area contributed by atoms with Crippen LogP contribution in [0.4, 0.5) is 11.4 Å². The highest BCUT2D eigenvalue weighted by molar-refractivity contribution is 6.05. The van der Waals surface area contributed by atoms with Crippen molar-refractivity contribution in [3.63, 3.8) is 0 Å². The lowest BCUT2D eigenvalue weighted by atomic mass is 9.83. The number of carbonyl (C=O) groups is 1. The van der Waals surface area contributed by atoms with Crippen LogP contribution in [0.15, 0.2) is 42.5 Å². The first-order chi connectivity index (χ1) is 9.77. The van der Waals surface area contributed by atoms with Crippen molar-refractivity contribution in [1.82, 2.24) is 0 Å². The molecule has 0 aliphatic heterocycles. The quantitative estimate of drug-likeness (QED) is 0.738. The van der Waals surface area contributed by atoms with Gasteiger partial charge in [0, 0.05) is 16.9 Å². The van der Waals surface area contributed by atoms with Crippen LogP contribution in [-0.4, -0.2) is 11.0 Å². The normalized spacial score (nSPS) is 11.2. The first-order valence-corrected chi connectivity index (χ1v) is 6.78. The van der Waals surface area contributed by atoms with Crippen LogP contribution in [0.25, 0.3) is 0 Å². The van der Waals surface area contributed by atoms with Gasteiger partial charge < -0.3 is 16.2 Å². The standard InChI is InChI=1S/C17H20N2O2/c1-17(2,3)15-10-13(20)8-9-14(15)16(21)19-12-6-4-11(18)5-7-12/h4-10,20H,18H2,1-3H3,(H,19,21). The van der Waals surface area contributed by atoms with E-state index in [0.717, 1.165) is 5.56 Å². The summed E-state index contributed by atoms with van der Waals surface area (Å²) in [4.78, 5) is 12.5. The molecular weight excluding hydrogens is 264 g/mol. The molecule has 4 N–H and O–H groups in total. The number of rotatable bonds is 2. The lowest BCUT2D eigenvalue weighted by molar-refractivity contribution is 0.102. The molecule has 0 heterocycles. The molecule has 2 aromatic rings. The first-order valence-electron chi connectivity index (χ1n) is 6.78. The van der Waals surface area contributed by atoms with E-state index in [0.29, 0.717) is 16.9 Å². The molecule has 2 rings (SSSR count). The van der Waals surface area contributed by atoms with E-state index in [4.69, 9.17) is 5.73 Å². The van der Waals surface area contributed by atoms with Gasteiger partial charge in [-0.3, -0.25) is 4.79 Å². The predicted molar refractivity (Wildman–Crippen MR) is 85.6 cm³/mol. The molecule has 0 spiro atoms. The Hall–Kier alpha value is -2.49. The molecule has 21 heavy (non-hydrogen) atoms. The van der Waals surface area contributed by atoms with Crippen molar-refractivity contribution in [2.75, 3.05) is 11.1 Å². The average molecular weight is 284 g/mol. The molecule has 0 radical (unpaired) electrons. The maximum atomic E-state index is 12.5. The predicted octanol–water partition coefficient (Wildman–Crippen LogP) is 3.52. The van der Waals surface area contributed by atoms with Crippen LogP contribution in [0.5, 0.6) is 5.75 Å². The summed E-state index contributed by atoms with van der Waals surface area (Å²) >= 11 is 0. The van der Waals surface area contributed by atoms with Gasteiger partial charge in [-0.2, -0.15) is 0 Å². The van der Waals surface area contributed by atoms with Gasteiger partial charge in [-0.15, -0.1) is 0 Å². The fourth-order valence-corrected chi connectivity index (χ4v) is 2.12. The van der Waals surface area contributed by atoms with Gasteiger partial charge in [0.1, 0.15) is 5.75 Å².